The fraction of sp³-hybridized carbons (Fsp3) is 0.429. The van der Waals surface area contributed by atoms with Gasteiger partial charge in [-0.05, 0) is 36.8 Å². The first kappa shape index (κ1) is 20.9. The number of fused-ring (bicyclic) bond motifs is 1. The Bertz CT molecular complexity index is 993. The van der Waals surface area contributed by atoms with E-state index in [-0.39, 0.29) is 30.9 Å². The Morgan fingerprint density at radius 3 is 2.53 bits per heavy atom. The molecule has 0 amide bonds. The topological polar surface area (TPSA) is 71.1 Å². The third-order valence-electron chi connectivity index (χ3n) is 5.61. The van der Waals surface area contributed by atoms with Crippen LogP contribution in [0.3, 0.4) is 0 Å². The van der Waals surface area contributed by atoms with Crippen LogP contribution in [-0.2, 0) is 10.0 Å². The zero-order chi connectivity index (χ0) is 21.1. The molecule has 1 atom stereocenters. The van der Waals surface area contributed by atoms with Gasteiger partial charge in [-0.2, -0.15) is 0 Å². The van der Waals surface area contributed by atoms with E-state index in [1.54, 1.807) is 19.1 Å². The molecule has 162 valence electrons. The van der Waals surface area contributed by atoms with Crippen molar-refractivity contribution in [2.24, 2.45) is 0 Å². The third kappa shape index (κ3) is 4.53. The maximum absolute atomic E-state index is 14.2. The highest BCUT2D eigenvalue weighted by atomic mass is 32.2. The van der Waals surface area contributed by atoms with Crippen LogP contribution in [0.4, 0.5) is 10.1 Å². The number of ether oxygens (including phenoxy) is 2. The lowest BCUT2D eigenvalue weighted by Gasteiger charge is -2.40. The van der Waals surface area contributed by atoms with Gasteiger partial charge in [-0.25, -0.2) is 17.5 Å². The summed E-state index contributed by atoms with van der Waals surface area (Å²) in [6, 6.07) is 12.3. The van der Waals surface area contributed by atoms with Crippen LogP contribution in [0.5, 0.6) is 11.5 Å². The second-order valence-electron chi connectivity index (χ2n) is 7.35. The molecule has 2 aromatic carbocycles. The number of nitrogens with one attached hydrogen (secondary N) is 1. The van der Waals surface area contributed by atoms with Gasteiger partial charge in [0, 0.05) is 38.8 Å². The summed E-state index contributed by atoms with van der Waals surface area (Å²) >= 11 is 0. The standard InChI is InChI=1S/C21H26FN3O4S/c1-2-30(26,27)23-14-19(16-7-8-20-21(13-16)29-15-28-20)25-11-9-24(10-12-25)18-6-4-3-5-17(18)22/h3-8,13,19,23H,2,9-12,14-15H2,1H3. The molecule has 0 spiro atoms. The second kappa shape index (κ2) is 8.79. The van der Waals surface area contributed by atoms with Crippen molar-refractivity contribution >= 4 is 15.7 Å². The number of anilines is 1. The minimum Gasteiger partial charge on any atom is -0.454 e. The van der Waals surface area contributed by atoms with Gasteiger partial charge in [-0.15, -0.1) is 0 Å². The molecule has 1 N–H and O–H groups in total. The molecular formula is C21H26FN3O4S. The molecule has 2 aromatic rings. The quantitative estimate of drug-likeness (QED) is 0.720. The summed E-state index contributed by atoms with van der Waals surface area (Å²) in [4.78, 5) is 4.26. The van der Waals surface area contributed by atoms with Crippen molar-refractivity contribution in [1.29, 1.82) is 0 Å². The van der Waals surface area contributed by atoms with Gasteiger partial charge in [0.1, 0.15) is 5.82 Å². The van der Waals surface area contributed by atoms with Crippen LogP contribution in [0.2, 0.25) is 0 Å². The number of piperazine rings is 1. The number of benzene rings is 2. The summed E-state index contributed by atoms with van der Waals surface area (Å²) in [5.41, 5.74) is 1.56. The summed E-state index contributed by atoms with van der Waals surface area (Å²) in [6.45, 7) is 4.74. The van der Waals surface area contributed by atoms with Crippen LogP contribution >= 0.6 is 0 Å². The SMILES string of the molecule is CCS(=O)(=O)NCC(c1ccc2c(c1)OCO2)N1CCN(c2ccccc2F)CC1. The summed E-state index contributed by atoms with van der Waals surface area (Å²) in [5, 5.41) is 0. The smallest absolute Gasteiger partial charge is 0.231 e. The predicted molar refractivity (Wildman–Crippen MR) is 113 cm³/mol. The summed E-state index contributed by atoms with van der Waals surface area (Å²) in [6.07, 6.45) is 0. The van der Waals surface area contributed by atoms with Crippen LogP contribution in [0.15, 0.2) is 42.5 Å². The Kier molecular flexibility index (Phi) is 6.12. The number of hydrogen-bond donors (Lipinski definition) is 1. The highest BCUT2D eigenvalue weighted by molar-refractivity contribution is 7.89. The Balaban J connectivity index is 1.52. The third-order valence-corrected chi connectivity index (χ3v) is 6.97. The van der Waals surface area contributed by atoms with E-state index in [4.69, 9.17) is 9.47 Å². The first-order valence-corrected chi connectivity index (χ1v) is 11.7. The van der Waals surface area contributed by atoms with E-state index in [1.165, 1.54) is 6.07 Å². The second-order valence-corrected chi connectivity index (χ2v) is 9.45. The largest absolute Gasteiger partial charge is 0.454 e. The molecule has 0 aliphatic carbocycles. The molecule has 0 saturated carbocycles. The van der Waals surface area contributed by atoms with E-state index in [2.05, 4.69) is 9.62 Å². The monoisotopic (exact) mass is 435 g/mol. The maximum Gasteiger partial charge on any atom is 0.231 e. The van der Waals surface area contributed by atoms with Gasteiger partial charge < -0.3 is 14.4 Å². The van der Waals surface area contributed by atoms with E-state index in [0.717, 1.165) is 5.56 Å². The highest BCUT2D eigenvalue weighted by Crippen LogP contribution is 2.36. The van der Waals surface area contributed by atoms with Gasteiger partial charge in [-0.1, -0.05) is 18.2 Å². The normalized spacial score (nSPS) is 17.9. The van der Waals surface area contributed by atoms with E-state index >= 15 is 0 Å². The first-order valence-electron chi connectivity index (χ1n) is 10.1. The van der Waals surface area contributed by atoms with Gasteiger partial charge in [-0.3, -0.25) is 4.90 Å². The number of nitrogens with zero attached hydrogens (tertiary/aromatic N) is 2. The van der Waals surface area contributed by atoms with Gasteiger partial charge in [0.25, 0.3) is 0 Å². The minimum absolute atomic E-state index is 0.0297. The van der Waals surface area contributed by atoms with Gasteiger partial charge in [0.05, 0.1) is 11.4 Å². The number of sulfonamides is 1. The van der Waals surface area contributed by atoms with Crippen molar-refractivity contribution in [2.75, 3.05) is 50.2 Å². The molecule has 1 saturated heterocycles. The van der Waals surface area contributed by atoms with Crippen LogP contribution in [0, 0.1) is 5.82 Å². The van der Waals surface area contributed by atoms with E-state index < -0.39 is 10.0 Å². The van der Waals surface area contributed by atoms with Crippen LogP contribution in [0.1, 0.15) is 18.5 Å². The average molecular weight is 436 g/mol. The van der Waals surface area contributed by atoms with Crippen molar-refractivity contribution < 1.29 is 22.3 Å². The van der Waals surface area contributed by atoms with E-state index in [9.17, 15) is 12.8 Å². The van der Waals surface area contributed by atoms with Crippen molar-refractivity contribution in [2.45, 2.75) is 13.0 Å². The zero-order valence-electron chi connectivity index (χ0n) is 16.9. The molecule has 1 fully saturated rings. The lowest BCUT2D eigenvalue weighted by atomic mass is 10.0. The van der Waals surface area contributed by atoms with Gasteiger partial charge in [0.15, 0.2) is 11.5 Å². The summed E-state index contributed by atoms with van der Waals surface area (Å²) in [7, 11) is -3.32. The fourth-order valence-corrected chi connectivity index (χ4v) is 4.48. The molecule has 30 heavy (non-hydrogen) atoms. The molecule has 7 nitrogen and oxygen atoms in total. The van der Waals surface area contributed by atoms with Gasteiger partial charge >= 0.3 is 0 Å². The maximum atomic E-state index is 14.2. The number of halogens is 1. The van der Waals surface area contributed by atoms with Crippen molar-refractivity contribution in [3.8, 4) is 11.5 Å². The van der Waals surface area contributed by atoms with Crippen LogP contribution < -0.4 is 19.1 Å². The van der Waals surface area contributed by atoms with Crippen molar-refractivity contribution in [3.05, 3.63) is 53.8 Å². The lowest BCUT2D eigenvalue weighted by Crippen LogP contribution is -2.50. The Morgan fingerprint density at radius 2 is 1.80 bits per heavy atom. The van der Waals surface area contributed by atoms with Crippen molar-refractivity contribution in [1.82, 2.24) is 9.62 Å². The molecule has 9 heteroatoms. The highest BCUT2D eigenvalue weighted by Gasteiger charge is 2.28. The predicted octanol–water partition coefficient (Wildman–Crippen LogP) is 2.36. The molecule has 4 rings (SSSR count). The number of rotatable bonds is 7. The summed E-state index contributed by atoms with van der Waals surface area (Å²) in [5.74, 6) is 1.16. The van der Waals surface area contributed by atoms with E-state index in [0.29, 0.717) is 43.4 Å². The number of hydrogen-bond acceptors (Lipinski definition) is 6. The number of para-hydroxylation sites is 1. The summed E-state index contributed by atoms with van der Waals surface area (Å²) < 4.78 is 51.9. The van der Waals surface area contributed by atoms with Crippen molar-refractivity contribution in [3.63, 3.8) is 0 Å². The van der Waals surface area contributed by atoms with Gasteiger partial charge in [0.2, 0.25) is 16.8 Å². The molecule has 2 aliphatic rings. The zero-order valence-corrected chi connectivity index (χ0v) is 17.7. The Morgan fingerprint density at radius 1 is 1.07 bits per heavy atom. The molecule has 0 aromatic heterocycles. The first-order chi connectivity index (χ1) is 14.5. The molecule has 0 bridgehead atoms. The molecular weight excluding hydrogens is 409 g/mol. The lowest BCUT2D eigenvalue weighted by molar-refractivity contribution is 0.173. The Labute approximate surface area is 176 Å². The average Bonchev–Trinajstić information content (AvgIpc) is 3.23. The van der Waals surface area contributed by atoms with Crippen LogP contribution in [-0.4, -0.2) is 58.6 Å². The van der Waals surface area contributed by atoms with Crippen LogP contribution in [0.25, 0.3) is 0 Å². The minimum atomic E-state index is -3.32. The molecule has 2 aliphatic heterocycles. The molecule has 0 radical (unpaired) electrons. The Hall–Kier alpha value is -2.36. The molecule has 1 unspecified atom stereocenters. The fourth-order valence-electron chi connectivity index (χ4n) is 3.87. The van der Waals surface area contributed by atoms with E-state index in [1.807, 2.05) is 29.2 Å². The molecule has 2 heterocycles.